The Labute approximate surface area is 133 Å². The van der Waals surface area contributed by atoms with Gasteiger partial charge in [-0.15, -0.1) is 0 Å². The molecule has 0 amide bonds. The number of halogens is 3. The Morgan fingerprint density at radius 1 is 1.44 bits per heavy atom. The lowest BCUT2D eigenvalue weighted by atomic mass is 9.99. The number of rotatable bonds is 2. The molecule has 0 aliphatic heterocycles. The average molecular weight is 471 g/mol. The van der Waals surface area contributed by atoms with E-state index in [4.69, 9.17) is 0 Å². The summed E-state index contributed by atoms with van der Waals surface area (Å²) >= 11 is 4.32. The molecule has 0 saturated carbocycles. The maximum atomic E-state index is 13.5. The van der Waals surface area contributed by atoms with Crippen molar-refractivity contribution in [2.45, 2.75) is 18.9 Å². The van der Waals surface area contributed by atoms with Crippen molar-refractivity contribution in [1.29, 1.82) is 0 Å². The molecular weight excluding hydrogens is 459 g/mol. The third kappa shape index (κ3) is 3.51. The first-order chi connectivity index (χ1) is 8.58. The molecule has 2 aliphatic carbocycles. The maximum Gasteiger partial charge on any atom is 0.126 e. The van der Waals surface area contributed by atoms with Gasteiger partial charge in [-0.05, 0) is 63.8 Å². The van der Waals surface area contributed by atoms with Gasteiger partial charge in [-0.2, -0.15) is 0 Å². The van der Waals surface area contributed by atoms with E-state index in [1.807, 2.05) is 18.2 Å². The molecule has 1 N–H and O–H groups in total. The molecule has 0 saturated heterocycles. The van der Waals surface area contributed by atoms with Gasteiger partial charge in [-0.3, -0.25) is 4.99 Å². The molecule has 96 valence electrons. The molecule has 2 nitrogen and oxygen atoms in total. The number of aliphatic hydroxyl groups excluding tert-OH is 1. The minimum atomic E-state index is -0.580. The van der Waals surface area contributed by atoms with Gasteiger partial charge in [-0.1, -0.05) is 12.2 Å². The number of allylic oxidation sites excluding steroid dienone is 5. The van der Waals surface area contributed by atoms with E-state index in [2.05, 4.69) is 50.2 Å². The molecule has 0 bridgehead atoms. The van der Waals surface area contributed by atoms with Gasteiger partial charge >= 0.3 is 0 Å². The zero-order valence-electron chi connectivity index (χ0n) is 9.48. The number of hydrogen-bond acceptors (Lipinski definition) is 2. The van der Waals surface area contributed by atoms with Gasteiger partial charge in [-0.25, -0.2) is 4.39 Å². The van der Waals surface area contributed by atoms with E-state index in [0.29, 0.717) is 12.1 Å². The summed E-state index contributed by atoms with van der Waals surface area (Å²) in [4.78, 5) is 4.16. The molecule has 0 aromatic heterocycles. The van der Waals surface area contributed by atoms with Crippen LogP contribution in [0.4, 0.5) is 4.39 Å². The summed E-state index contributed by atoms with van der Waals surface area (Å²) in [6, 6.07) is 0. The summed E-state index contributed by atoms with van der Waals surface area (Å²) in [5.41, 5.74) is 0.376. The minimum Gasteiger partial charge on any atom is -0.387 e. The summed E-state index contributed by atoms with van der Waals surface area (Å²) in [6.45, 7) is 0. The van der Waals surface area contributed by atoms with E-state index in [-0.39, 0.29) is 11.7 Å². The van der Waals surface area contributed by atoms with E-state index in [9.17, 15) is 9.50 Å². The lowest BCUT2D eigenvalue weighted by Gasteiger charge is -2.20. The smallest absolute Gasteiger partial charge is 0.126 e. The van der Waals surface area contributed by atoms with Crippen LogP contribution in [0.5, 0.6) is 0 Å². The highest BCUT2D eigenvalue weighted by atomic mass is 127. The van der Waals surface area contributed by atoms with Crippen molar-refractivity contribution in [2.24, 2.45) is 10.9 Å². The van der Waals surface area contributed by atoms with E-state index in [1.54, 1.807) is 12.3 Å². The van der Waals surface area contributed by atoms with E-state index in [0.717, 1.165) is 13.6 Å². The van der Waals surface area contributed by atoms with Crippen LogP contribution in [0.15, 0.2) is 48.0 Å². The summed E-state index contributed by atoms with van der Waals surface area (Å²) in [6.07, 6.45) is 9.66. The molecule has 2 rings (SSSR count). The summed E-state index contributed by atoms with van der Waals surface area (Å²) in [5.74, 6) is -0.368. The quantitative estimate of drug-likeness (QED) is 0.475. The van der Waals surface area contributed by atoms with Crippen LogP contribution in [-0.4, -0.2) is 17.4 Å². The molecule has 2 unspecified atom stereocenters. The lowest BCUT2D eigenvalue weighted by Crippen LogP contribution is -2.22. The van der Waals surface area contributed by atoms with E-state index < -0.39 is 6.10 Å². The van der Waals surface area contributed by atoms with Gasteiger partial charge in [0, 0.05) is 25.7 Å². The lowest BCUT2D eigenvalue weighted by molar-refractivity contribution is 0.202. The van der Waals surface area contributed by atoms with Crippen molar-refractivity contribution in [3.05, 3.63) is 43.0 Å². The van der Waals surface area contributed by atoms with E-state index in [1.165, 1.54) is 0 Å². The Bertz CT molecular complexity index is 491. The second kappa shape index (κ2) is 6.42. The minimum absolute atomic E-state index is 0.178. The van der Waals surface area contributed by atoms with Crippen LogP contribution in [0.1, 0.15) is 12.8 Å². The Hall–Kier alpha value is -0.0200. The Kier molecular flexibility index (Phi) is 5.14. The fraction of sp³-hybridized carbons (Fsp3) is 0.308. The Morgan fingerprint density at radius 2 is 2.22 bits per heavy atom. The third-order valence-electron chi connectivity index (χ3n) is 2.74. The summed E-state index contributed by atoms with van der Waals surface area (Å²) in [7, 11) is 0. The number of aliphatic imine (C=N–C) groups is 1. The Morgan fingerprint density at radius 3 is 2.94 bits per heavy atom. The van der Waals surface area contributed by atoms with Crippen LogP contribution in [-0.2, 0) is 0 Å². The molecule has 0 radical (unpaired) electrons. The molecular formula is C13H12FI2NO. The molecule has 2 aliphatic rings. The van der Waals surface area contributed by atoms with Gasteiger partial charge < -0.3 is 5.11 Å². The number of hydrogen-bond donors (Lipinski definition) is 1. The number of aliphatic hydroxyl groups is 1. The highest BCUT2D eigenvalue weighted by Crippen LogP contribution is 2.30. The molecule has 0 spiro atoms. The summed E-state index contributed by atoms with van der Waals surface area (Å²) < 4.78 is 15.4. The first-order valence-electron chi connectivity index (χ1n) is 5.60. The van der Waals surface area contributed by atoms with Crippen molar-refractivity contribution in [3.63, 3.8) is 0 Å². The first kappa shape index (κ1) is 14.4. The van der Waals surface area contributed by atoms with Gasteiger partial charge in [0.25, 0.3) is 0 Å². The van der Waals surface area contributed by atoms with Gasteiger partial charge in [0.2, 0.25) is 0 Å². The standard InChI is InChI=1S/C13H12FI2NO/c14-10-3-1-2-4-12(10)17-7-8-5-9(15)6-11(16)13(8)18/h2,4-8,13,18H,1,3H2. The molecule has 2 atom stereocenters. The van der Waals surface area contributed by atoms with Gasteiger partial charge in [0.05, 0.1) is 11.8 Å². The van der Waals surface area contributed by atoms with Crippen LogP contribution in [0.3, 0.4) is 0 Å². The predicted octanol–water partition coefficient (Wildman–Crippen LogP) is 4.22. The molecule has 0 aromatic carbocycles. The molecule has 0 heterocycles. The molecule has 18 heavy (non-hydrogen) atoms. The highest BCUT2D eigenvalue weighted by Gasteiger charge is 2.22. The molecule has 5 heteroatoms. The van der Waals surface area contributed by atoms with Crippen molar-refractivity contribution >= 4 is 51.4 Å². The van der Waals surface area contributed by atoms with Crippen LogP contribution >= 0.6 is 45.2 Å². The second-order valence-corrected chi connectivity index (χ2v) is 6.60. The topological polar surface area (TPSA) is 32.6 Å². The van der Waals surface area contributed by atoms with Crippen LogP contribution in [0.25, 0.3) is 0 Å². The van der Waals surface area contributed by atoms with Crippen molar-refractivity contribution in [2.75, 3.05) is 0 Å². The largest absolute Gasteiger partial charge is 0.387 e. The maximum absolute atomic E-state index is 13.5. The average Bonchev–Trinajstić information content (AvgIpc) is 2.33. The van der Waals surface area contributed by atoms with E-state index >= 15 is 0 Å². The van der Waals surface area contributed by atoms with Gasteiger partial charge in [0.15, 0.2) is 0 Å². The van der Waals surface area contributed by atoms with Crippen molar-refractivity contribution in [1.82, 2.24) is 0 Å². The van der Waals surface area contributed by atoms with Crippen molar-refractivity contribution in [3.8, 4) is 0 Å². The monoisotopic (exact) mass is 471 g/mol. The third-order valence-corrected chi connectivity index (χ3v) is 4.36. The molecule has 0 fully saturated rings. The number of nitrogens with zero attached hydrogens (tertiary/aromatic N) is 1. The SMILES string of the molecule is OC1C(I)=CC(I)=CC1C=NC1=C(F)CCC=C1. The zero-order valence-corrected chi connectivity index (χ0v) is 13.8. The van der Waals surface area contributed by atoms with Crippen LogP contribution in [0.2, 0.25) is 0 Å². The van der Waals surface area contributed by atoms with Gasteiger partial charge in [0.1, 0.15) is 5.83 Å². The second-order valence-electron chi connectivity index (χ2n) is 4.11. The molecule has 0 aromatic rings. The zero-order chi connectivity index (χ0) is 13.1. The van der Waals surface area contributed by atoms with Crippen molar-refractivity contribution < 1.29 is 9.50 Å². The Balaban J connectivity index is 2.15. The highest BCUT2D eigenvalue weighted by molar-refractivity contribution is 14.1. The van der Waals surface area contributed by atoms with Crippen LogP contribution in [0, 0.1) is 5.92 Å². The predicted molar refractivity (Wildman–Crippen MR) is 88.7 cm³/mol. The first-order valence-corrected chi connectivity index (χ1v) is 7.75. The fourth-order valence-electron chi connectivity index (χ4n) is 1.75. The van der Waals surface area contributed by atoms with Crippen LogP contribution < -0.4 is 0 Å². The fourth-order valence-corrected chi connectivity index (χ4v) is 3.85. The normalized spacial score (nSPS) is 28.7. The summed E-state index contributed by atoms with van der Waals surface area (Å²) in [5, 5.41) is 10.0.